The summed E-state index contributed by atoms with van der Waals surface area (Å²) >= 11 is 1.41. The van der Waals surface area contributed by atoms with Crippen LogP contribution in [0.25, 0.3) is 0 Å². The summed E-state index contributed by atoms with van der Waals surface area (Å²) in [5, 5.41) is 3.30. The highest BCUT2D eigenvalue weighted by Gasteiger charge is 2.30. The van der Waals surface area contributed by atoms with E-state index in [-0.39, 0.29) is 30.6 Å². The number of nitrogens with two attached hydrogens (primary N) is 1. The number of primary amides is 1. The molecule has 1 saturated heterocycles. The summed E-state index contributed by atoms with van der Waals surface area (Å²) in [6.45, 7) is 2.14. The second-order valence-corrected chi connectivity index (χ2v) is 8.65. The first-order valence-corrected chi connectivity index (χ1v) is 10.4. The van der Waals surface area contributed by atoms with Crippen LogP contribution in [-0.2, 0) is 22.4 Å². The number of thiophene rings is 1. The van der Waals surface area contributed by atoms with Crippen LogP contribution in [-0.4, -0.2) is 23.6 Å². The number of aryl methyl sites for hydroxylation is 1. The molecule has 2 aliphatic rings. The van der Waals surface area contributed by atoms with E-state index in [1.54, 1.807) is 24.3 Å². The quantitative estimate of drug-likeness (QED) is 0.754. The number of imide groups is 1. The first-order chi connectivity index (χ1) is 13.8. The Morgan fingerprint density at radius 1 is 1.10 bits per heavy atom. The van der Waals surface area contributed by atoms with E-state index in [9.17, 15) is 19.2 Å². The molecular formula is C21H21N3O4S. The maximum absolute atomic E-state index is 12.7. The number of amides is 4. The maximum Gasteiger partial charge on any atom is 0.256 e. The fourth-order valence-corrected chi connectivity index (χ4v) is 5.15. The minimum atomic E-state index is -0.534. The molecule has 150 valence electrons. The number of rotatable bonds is 4. The highest BCUT2D eigenvalue weighted by atomic mass is 32.1. The first kappa shape index (κ1) is 19.3. The fourth-order valence-electron chi connectivity index (χ4n) is 3.91. The Balaban J connectivity index is 1.56. The van der Waals surface area contributed by atoms with E-state index in [4.69, 9.17) is 5.73 Å². The van der Waals surface area contributed by atoms with Crippen LogP contribution in [0.4, 0.5) is 10.7 Å². The van der Waals surface area contributed by atoms with Gasteiger partial charge in [0.1, 0.15) is 5.00 Å². The predicted molar refractivity (Wildman–Crippen MR) is 110 cm³/mol. The van der Waals surface area contributed by atoms with Gasteiger partial charge in [-0.25, -0.2) is 0 Å². The Bertz CT molecular complexity index is 1010. The molecule has 0 spiro atoms. The lowest BCUT2D eigenvalue weighted by atomic mass is 9.87. The van der Waals surface area contributed by atoms with Crippen molar-refractivity contribution in [2.24, 2.45) is 11.7 Å². The smallest absolute Gasteiger partial charge is 0.256 e. The number of benzene rings is 1. The molecule has 1 aromatic carbocycles. The third kappa shape index (κ3) is 3.55. The van der Waals surface area contributed by atoms with E-state index in [1.807, 2.05) is 0 Å². The van der Waals surface area contributed by atoms with Gasteiger partial charge in [0.25, 0.3) is 11.8 Å². The van der Waals surface area contributed by atoms with Crippen LogP contribution >= 0.6 is 11.3 Å². The summed E-state index contributed by atoms with van der Waals surface area (Å²) in [7, 11) is 0. The van der Waals surface area contributed by atoms with Gasteiger partial charge in [0, 0.05) is 23.3 Å². The Labute approximate surface area is 171 Å². The number of fused-ring (bicyclic) bond motifs is 1. The minimum Gasteiger partial charge on any atom is -0.365 e. The summed E-state index contributed by atoms with van der Waals surface area (Å²) in [6.07, 6.45) is 3.13. The van der Waals surface area contributed by atoms with Crippen LogP contribution in [0.1, 0.15) is 57.3 Å². The lowest BCUT2D eigenvalue weighted by Crippen LogP contribution is -2.28. The monoisotopic (exact) mass is 411 g/mol. The van der Waals surface area contributed by atoms with Gasteiger partial charge in [0.05, 0.1) is 11.3 Å². The van der Waals surface area contributed by atoms with E-state index in [0.29, 0.717) is 27.7 Å². The third-order valence-corrected chi connectivity index (χ3v) is 6.63. The zero-order valence-electron chi connectivity index (χ0n) is 16.0. The summed E-state index contributed by atoms with van der Waals surface area (Å²) < 4.78 is 0. The van der Waals surface area contributed by atoms with Crippen molar-refractivity contribution in [2.45, 2.75) is 39.0 Å². The fraction of sp³-hybridized carbons (Fsp3) is 0.333. The third-order valence-electron chi connectivity index (χ3n) is 5.42. The summed E-state index contributed by atoms with van der Waals surface area (Å²) in [5.41, 5.74) is 7.79. The molecule has 1 fully saturated rings. The second-order valence-electron chi connectivity index (χ2n) is 7.54. The zero-order valence-corrected chi connectivity index (χ0v) is 16.8. The largest absolute Gasteiger partial charge is 0.365 e. The van der Waals surface area contributed by atoms with Gasteiger partial charge < -0.3 is 11.1 Å². The van der Waals surface area contributed by atoms with Crippen molar-refractivity contribution in [2.75, 3.05) is 10.2 Å². The first-order valence-electron chi connectivity index (χ1n) is 9.56. The van der Waals surface area contributed by atoms with Crippen LogP contribution in [0.3, 0.4) is 0 Å². The van der Waals surface area contributed by atoms with E-state index >= 15 is 0 Å². The second kappa shape index (κ2) is 7.44. The number of hydrogen-bond donors (Lipinski definition) is 2. The lowest BCUT2D eigenvalue weighted by molar-refractivity contribution is -0.121. The molecule has 0 unspecified atom stereocenters. The van der Waals surface area contributed by atoms with Crippen molar-refractivity contribution in [1.29, 1.82) is 0 Å². The van der Waals surface area contributed by atoms with Gasteiger partial charge in [-0.05, 0) is 55.0 Å². The molecule has 7 nitrogen and oxygen atoms in total. The van der Waals surface area contributed by atoms with Crippen molar-refractivity contribution >= 4 is 45.7 Å². The van der Waals surface area contributed by atoms with Gasteiger partial charge >= 0.3 is 0 Å². The molecule has 1 aliphatic carbocycles. The van der Waals surface area contributed by atoms with Gasteiger partial charge in [0.15, 0.2) is 0 Å². The molecular weight excluding hydrogens is 390 g/mol. The molecule has 1 aliphatic heterocycles. The summed E-state index contributed by atoms with van der Waals surface area (Å²) in [6, 6.07) is 6.27. The van der Waals surface area contributed by atoms with Crippen molar-refractivity contribution in [3.63, 3.8) is 0 Å². The van der Waals surface area contributed by atoms with Crippen molar-refractivity contribution in [3.05, 3.63) is 45.8 Å². The average molecular weight is 411 g/mol. The molecule has 1 aromatic heterocycles. The Kier molecular flexibility index (Phi) is 4.96. The standard InChI is InChI=1S/C21H21N3O4S/c1-11-2-7-15-14(10-11)18(19(22)27)21(29-15)23-20(28)12-3-5-13(6-4-12)24-16(25)8-9-17(24)26/h3-6,11H,2,7-10H2,1H3,(H2,22,27)(H,23,28)/t11-/m0/s1. The molecule has 29 heavy (non-hydrogen) atoms. The van der Waals surface area contributed by atoms with Gasteiger partial charge in [-0.15, -0.1) is 11.3 Å². The van der Waals surface area contributed by atoms with Gasteiger partial charge in [-0.2, -0.15) is 0 Å². The van der Waals surface area contributed by atoms with Gasteiger partial charge in [-0.3, -0.25) is 24.1 Å². The Hall–Kier alpha value is -3.00. The van der Waals surface area contributed by atoms with Gasteiger partial charge in [-0.1, -0.05) is 6.92 Å². The van der Waals surface area contributed by atoms with Crippen LogP contribution in [0, 0.1) is 5.92 Å². The number of carbonyl (C=O) groups is 4. The van der Waals surface area contributed by atoms with Crippen LogP contribution in [0.5, 0.6) is 0 Å². The molecule has 2 heterocycles. The molecule has 0 radical (unpaired) electrons. The normalized spacial score (nSPS) is 18.7. The minimum absolute atomic E-state index is 0.207. The van der Waals surface area contributed by atoms with E-state index in [1.165, 1.54) is 11.3 Å². The summed E-state index contributed by atoms with van der Waals surface area (Å²) in [5.74, 6) is -0.909. The van der Waals surface area contributed by atoms with E-state index in [2.05, 4.69) is 12.2 Å². The number of nitrogens with zero attached hydrogens (tertiary/aromatic N) is 1. The predicted octanol–water partition coefficient (Wildman–Crippen LogP) is 2.88. The highest BCUT2D eigenvalue weighted by molar-refractivity contribution is 7.17. The van der Waals surface area contributed by atoms with Crippen molar-refractivity contribution < 1.29 is 19.2 Å². The molecule has 2 aromatic rings. The van der Waals surface area contributed by atoms with Gasteiger partial charge in [0.2, 0.25) is 11.8 Å². The topological polar surface area (TPSA) is 110 Å². The van der Waals surface area contributed by atoms with Crippen molar-refractivity contribution in [1.82, 2.24) is 0 Å². The molecule has 8 heteroatoms. The maximum atomic E-state index is 12.7. The molecule has 3 N–H and O–H groups in total. The van der Waals surface area contributed by atoms with Crippen molar-refractivity contribution in [3.8, 4) is 0 Å². The summed E-state index contributed by atoms with van der Waals surface area (Å²) in [4.78, 5) is 50.7. The molecule has 4 amide bonds. The average Bonchev–Trinajstić information content (AvgIpc) is 3.20. The Morgan fingerprint density at radius 2 is 1.76 bits per heavy atom. The number of carbonyl (C=O) groups excluding carboxylic acids is 4. The number of nitrogens with one attached hydrogen (secondary N) is 1. The lowest BCUT2D eigenvalue weighted by Gasteiger charge is -2.18. The number of anilines is 2. The highest BCUT2D eigenvalue weighted by Crippen LogP contribution is 2.39. The SMILES string of the molecule is C[C@H]1CCc2sc(NC(=O)c3ccc(N4C(=O)CCC4=O)cc3)c(C(N)=O)c2C1. The van der Waals surface area contributed by atoms with Crippen LogP contribution in [0.2, 0.25) is 0 Å². The van der Waals surface area contributed by atoms with E-state index < -0.39 is 5.91 Å². The molecule has 0 bridgehead atoms. The molecule has 0 saturated carbocycles. The van der Waals surface area contributed by atoms with Crippen LogP contribution < -0.4 is 16.0 Å². The Morgan fingerprint density at radius 3 is 2.38 bits per heavy atom. The molecule has 4 rings (SSSR count). The van der Waals surface area contributed by atoms with Crippen LogP contribution in [0.15, 0.2) is 24.3 Å². The molecule has 1 atom stereocenters. The zero-order chi connectivity index (χ0) is 20.7. The number of hydrogen-bond acceptors (Lipinski definition) is 5. The van der Waals surface area contributed by atoms with E-state index in [0.717, 1.165) is 34.6 Å².